The van der Waals surface area contributed by atoms with Gasteiger partial charge in [-0.25, -0.2) is 4.39 Å². The van der Waals surface area contributed by atoms with E-state index < -0.39 is 5.82 Å². The number of nitrogens with one attached hydrogen (secondary N) is 2. The Morgan fingerprint density at radius 2 is 1.50 bits per heavy atom. The molecule has 2 N–H and O–H groups in total. The Morgan fingerprint density at radius 3 is 2.19 bits per heavy atom. The zero-order valence-corrected chi connectivity index (χ0v) is 20.4. The van der Waals surface area contributed by atoms with E-state index in [-0.39, 0.29) is 17.1 Å². The number of carbonyl (C=O) groups is 2. The Kier molecular flexibility index (Phi) is 8.36. The van der Waals surface area contributed by atoms with Crippen LogP contribution >= 0.6 is 11.8 Å². The highest BCUT2D eigenvalue weighted by molar-refractivity contribution is 8.00. The fourth-order valence-corrected chi connectivity index (χ4v) is 4.41. The smallest absolute Gasteiger partial charge is 0.255 e. The lowest BCUT2D eigenvalue weighted by atomic mass is 10.2. The average molecular weight is 501 g/mol. The van der Waals surface area contributed by atoms with Crippen LogP contribution in [0.5, 0.6) is 11.5 Å². The van der Waals surface area contributed by atoms with Gasteiger partial charge in [-0.15, -0.1) is 11.8 Å². The number of ether oxygens (including phenoxy) is 1. The predicted molar refractivity (Wildman–Crippen MR) is 142 cm³/mol. The summed E-state index contributed by atoms with van der Waals surface area (Å²) in [6.07, 6.45) is 0.623. The maximum atomic E-state index is 13.1. The molecule has 0 radical (unpaired) electrons. The van der Waals surface area contributed by atoms with Crippen molar-refractivity contribution in [2.24, 2.45) is 0 Å². The van der Waals surface area contributed by atoms with E-state index in [1.165, 1.54) is 36.0 Å². The van der Waals surface area contributed by atoms with Crippen molar-refractivity contribution in [1.82, 2.24) is 0 Å². The van der Waals surface area contributed by atoms with Crippen LogP contribution in [0.3, 0.4) is 0 Å². The van der Waals surface area contributed by atoms with E-state index in [1.54, 1.807) is 18.2 Å². The van der Waals surface area contributed by atoms with Crippen LogP contribution in [0.25, 0.3) is 0 Å². The topological polar surface area (TPSA) is 67.4 Å². The van der Waals surface area contributed by atoms with Gasteiger partial charge in [0, 0.05) is 21.8 Å². The zero-order valence-electron chi connectivity index (χ0n) is 19.6. The third-order valence-corrected chi connectivity index (χ3v) is 6.60. The highest BCUT2D eigenvalue weighted by Crippen LogP contribution is 2.29. The number of benzene rings is 4. The Labute approximate surface area is 213 Å². The molecule has 36 heavy (non-hydrogen) atoms. The largest absolute Gasteiger partial charge is 0.457 e. The first kappa shape index (κ1) is 25.0. The fraction of sp³-hybridized carbons (Fsp3) is 0.103. The molecule has 182 valence electrons. The summed E-state index contributed by atoms with van der Waals surface area (Å²) in [6.45, 7) is 1.95. The maximum Gasteiger partial charge on any atom is 0.255 e. The van der Waals surface area contributed by atoms with Crippen molar-refractivity contribution >= 4 is 35.0 Å². The van der Waals surface area contributed by atoms with E-state index in [0.717, 1.165) is 10.6 Å². The molecule has 4 aromatic carbocycles. The first-order valence-electron chi connectivity index (χ1n) is 11.5. The monoisotopic (exact) mass is 500 g/mol. The van der Waals surface area contributed by atoms with Gasteiger partial charge in [0.25, 0.3) is 5.91 Å². The standard InChI is InChI=1S/C29H25FN2O3S/c1-2-27(29(34)31-22-15-17-25(18-16-22)35-24-8-4-3-5-9-24)36-26-10-6-7-23(19-26)32-28(33)20-11-13-21(30)14-12-20/h3-19,27H,2H2,1H3,(H,31,34)(H,32,33). The predicted octanol–water partition coefficient (Wildman–Crippen LogP) is 7.38. The minimum absolute atomic E-state index is 0.111. The van der Waals surface area contributed by atoms with E-state index in [4.69, 9.17) is 4.74 Å². The van der Waals surface area contributed by atoms with Crippen molar-refractivity contribution in [3.8, 4) is 11.5 Å². The SMILES string of the molecule is CCC(Sc1cccc(NC(=O)c2ccc(F)cc2)c1)C(=O)Nc1ccc(Oc2ccccc2)cc1. The van der Waals surface area contributed by atoms with Crippen molar-refractivity contribution in [2.45, 2.75) is 23.5 Å². The second-order valence-corrected chi connectivity index (χ2v) is 9.21. The van der Waals surface area contributed by atoms with Gasteiger partial charge >= 0.3 is 0 Å². The van der Waals surface area contributed by atoms with E-state index in [2.05, 4.69) is 10.6 Å². The van der Waals surface area contributed by atoms with Gasteiger partial charge in [0.05, 0.1) is 5.25 Å². The molecule has 2 amide bonds. The van der Waals surface area contributed by atoms with Gasteiger partial charge in [-0.3, -0.25) is 9.59 Å². The molecule has 0 saturated carbocycles. The van der Waals surface area contributed by atoms with E-state index in [0.29, 0.717) is 29.1 Å². The van der Waals surface area contributed by atoms with Gasteiger partial charge in [0.15, 0.2) is 0 Å². The summed E-state index contributed by atoms with van der Waals surface area (Å²) in [5.41, 5.74) is 1.64. The molecule has 4 rings (SSSR count). The van der Waals surface area contributed by atoms with Gasteiger partial charge in [0.2, 0.25) is 5.91 Å². The molecule has 1 atom stereocenters. The Hall–Kier alpha value is -4.10. The van der Waals surface area contributed by atoms with Gasteiger partial charge in [-0.05, 0) is 85.3 Å². The maximum absolute atomic E-state index is 13.1. The molecule has 4 aromatic rings. The van der Waals surface area contributed by atoms with Crippen molar-refractivity contribution < 1.29 is 18.7 Å². The summed E-state index contributed by atoms with van der Waals surface area (Å²) in [4.78, 5) is 26.2. The third-order valence-electron chi connectivity index (χ3n) is 5.24. The number of hydrogen-bond donors (Lipinski definition) is 2. The molecule has 5 nitrogen and oxygen atoms in total. The van der Waals surface area contributed by atoms with Crippen molar-refractivity contribution in [3.63, 3.8) is 0 Å². The average Bonchev–Trinajstić information content (AvgIpc) is 2.89. The number of amides is 2. The molecule has 0 fully saturated rings. The fourth-order valence-electron chi connectivity index (χ4n) is 3.39. The minimum Gasteiger partial charge on any atom is -0.457 e. The second kappa shape index (κ2) is 12.0. The van der Waals surface area contributed by atoms with Crippen LogP contribution in [0.2, 0.25) is 0 Å². The van der Waals surface area contributed by atoms with Crippen LogP contribution in [0.15, 0.2) is 108 Å². The number of anilines is 2. The quantitative estimate of drug-likeness (QED) is 0.235. The van der Waals surface area contributed by atoms with Crippen molar-refractivity contribution in [1.29, 1.82) is 0 Å². The van der Waals surface area contributed by atoms with Crippen LogP contribution in [0, 0.1) is 5.82 Å². The molecule has 1 unspecified atom stereocenters. The van der Waals surface area contributed by atoms with E-state index in [1.807, 2.05) is 67.6 Å². The number of para-hydroxylation sites is 1. The molecule has 7 heteroatoms. The van der Waals surface area contributed by atoms with Crippen LogP contribution in [0.4, 0.5) is 15.8 Å². The molecule has 0 bridgehead atoms. The first-order valence-corrected chi connectivity index (χ1v) is 12.4. The highest BCUT2D eigenvalue weighted by Gasteiger charge is 2.18. The summed E-state index contributed by atoms with van der Waals surface area (Å²) in [5.74, 6) is 0.583. The molecule has 0 aliphatic rings. The summed E-state index contributed by atoms with van der Waals surface area (Å²) in [7, 11) is 0. The molecule has 0 aromatic heterocycles. The van der Waals surface area contributed by atoms with Crippen LogP contribution < -0.4 is 15.4 Å². The number of rotatable bonds is 9. The molecular weight excluding hydrogens is 475 g/mol. The van der Waals surface area contributed by atoms with E-state index >= 15 is 0 Å². The van der Waals surface area contributed by atoms with Gasteiger partial charge in [-0.2, -0.15) is 0 Å². The molecule has 0 spiro atoms. The number of thioether (sulfide) groups is 1. The Bertz CT molecular complexity index is 1310. The Morgan fingerprint density at radius 1 is 0.806 bits per heavy atom. The van der Waals surface area contributed by atoms with Crippen LogP contribution in [0.1, 0.15) is 23.7 Å². The molecule has 0 aliphatic carbocycles. The Balaban J connectivity index is 1.35. The summed E-state index contributed by atoms with van der Waals surface area (Å²) < 4.78 is 18.9. The highest BCUT2D eigenvalue weighted by atomic mass is 32.2. The number of halogens is 1. The zero-order chi connectivity index (χ0) is 25.3. The normalized spacial score (nSPS) is 11.4. The lowest BCUT2D eigenvalue weighted by Gasteiger charge is -2.16. The number of carbonyl (C=O) groups excluding carboxylic acids is 2. The molecule has 0 aliphatic heterocycles. The molecule has 0 saturated heterocycles. The van der Waals surface area contributed by atoms with Gasteiger partial charge < -0.3 is 15.4 Å². The first-order chi connectivity index (χ1) is 17.5. The van der Waals surface area contributed by atoms with Crippen molar-refractivity contribution in [2.75, 3.05) is 10.6 Å². The molecular formula is C29H25FN2O3S. The molecule has 0 heterocycles. The van der Waals surface area contributed by atoms with E-state index in [9.17, 15) is 14.0 Å². The van der Waals surface area contributed by atoms with Gasteiger partial charge in [-0.1, -0.05) is 31.2 Å². The van der Waals surface area contributed by atoms with Gasteiger partial charge in [0.1, 0.15) is 17.3 Å². The van der Waals surface area contributed by atoms with Crippen LogP contribution in [-0.4, -0.2) is 17.1 Å². The minimum atomic E-state index is -0.398. The second-order valence-electron chi connectivity index (χ2n) is 7.93. The summed E-state index contributed by atoms with van der Waals surface area (Å²) in [5, 5.41) is 5.45. The third kappa shape index (κ3) is 6.96. The summed E-state index contributed by atoms with van der Waals surface area (Å²) >= 11 is 1.42. The lowest BCUT2D eigenvalue weighted by molar-refractivity contribution is -0.115. The van der Waals surface area contributed by atoms with Crippen LogP contribution in [-0.2, 0) is 4.79 Å². The lowest BCUT2D eigenvalue weighted by Crippen LogP contribution is -2.24. The number of hydrogen-bond acceptors (Lipinski definition) is 4. The summed E-state index contributed by atoms with van der Waals surface area (Å²) in [6, 6.07) is 29.4. The van der Waals surface area contributed by atoms with Crippen molar-refractivity contribution in [3.05, 3.63) is 115 Å².